The number of ether oxygens (including phenoxy) is 1. The lowest BCUT2D eigenvalue weighted by Crippen LogP contribution is -2.05. The molecule has 9 nitrogen and oxygen atoms in total. The van der Waals surface area contributed by atoms with Crippen LogP contribution in [-0.2, 0) is 0 Å². The molecule has 0 aliphatic rings. The van der Waals surface area contributed by atoms with Crippen LogP contribution in [0.4, 0.5) is 28.1 Å². The van der Waals surface area contributed by atoms with Crippen molar-refractivity contribution < 1.29 is 9.66 Å². The number of anilines is 4. The van der Waals surface area contributed by atoms with Gasteiger partial charge in [0.1, 0.15) is 12.1 Å². The summed E-state index contributed by atoms with van der Waals surface area (Å²) in [6.45, 7) is 2.00. The number of nitrogens with zero attached hydrogens (tertiary/aromatic N) is 4. The number of aryl methyl sites for hydroxylation is 1. The van der Waals surface area contributed by atoms with Crippen LogP contribution in [0, 0.1) is 17.0 Å². The molecule has 4 aromatic rings. The number of thiazole rings is 1. The highest BCUT2D eigenvalue weighted by Gasteiger charge is 2.24. The molecule has 0 atom stereocenters. The highest BCUT2D eigenvalue weighted by Crippen LogP contribution is 2.35. The van der Waals surface area contributed by atoms with Gasteiger partial charge in [0, 0.05) is 11.8 Å². The van der Waals surface area contributed by atoms with Crippen LogP contribution in [0.25, 0.3) is 10.2 Å². The SMILES string of the molecule is COc1cccc(Nc2ncnc(Nc3nc4ccc(C)cc4s3)c2[N+](=O)[O-])c1. The van der Waals surface area contributed by atoms with E-state index in [0.717, 1.165) is 15.8 Å². The van der Waals surface area contributed by atoms with E-state index in [1.54, 1.807) is 31.4 Å². The summed E-state index contributed by atoms with van der Waals surface area (Å²) in [7, 11) is 1.55. The summed E-state index contributed by atoms with van der Waals surface area (Å²) in [6.07, 6.45) is 1.26. The third-order valence-corrected chi connectivity index (χ3v) is 5.04. The lowest BCUT2D eigenvalue weighted by molar-refractivity contribution is -0.383. The molecule has 0 unspecified atom stereocenters. The first kappa shape index (κ1) is 18.6. The van der Waals surface area contributed by atoms with Gasteiger partial charge in [-0.1, -0.05) is 23.5 Å². The molecule has 0 fully saturated rings. The summed E-state index contributed by atoms with van der Waals surface area (Å²) in [5, 5.41) is 18.2. The van der Waals surface area contributed by atoms with E-state index in [2.05, 4.69) is 25.6 Å². The van der Waals surface area contributed by atoms with Gasteiger partial charge in [-0.2, -0.15) is 0 Å². The minimum absolute atomic E-state index is 0.0613. The zero-order valence-electron chi connectivity index (χ0n) is 15.5. The Labute approximate surface area is 169 Å². The number of hydrogen-bond donors (Lipinski definition) is 2. The van der Waals surface area contributed by atoms with E-state index >= 15 is 0 Å². The van der Waals surface area contributed by atoms with Crippen LogP contribution in [0.1, 0.15) is 5.56 Å². The summed E-state index contributed by atoms with van der Waals surface area (Å²) in [6, 6.07) is 12.9. The molecule has 29 heavy (non-hydrogen) atoms. The van der Waals surface area contributed by atoms with Gasteiger partial charge in [0.2, 0.25) is 11.6 Å². The largest absolute Gasteiger partial charge is 0.497 e. The molecule has 2 aromatic carbocycles. The molecule has 0 radical (unpaired) electrons. The lowest BCUT2D eigenvalue weighted by atomic mass is 10.2. The fourth-order valence-corrected chi connectivity index (χ4v) is 3.72. The van der Waals surface area contributed by atoms with Crippen LogP contribution < -0.4 is 15.4 Å². The number of nitro groups is 1. The van der Waals surface area contributed by atoms with Crippen LogP contribution in [0.2, 0.25) is 0 Å². The highest BCUT2D eigenvalue weighted by molar-refractivity contribution is 7.22. The maximum atomic E-state index is 11.8. The van der Waals surface area contributed by atoms with Crippen molar-refractivity contribution in [1.82, 2.24) is 15.0 Å². The van der Waals surface area contributed by atoms with E-state index in [1.807, 2.05) is 25.1 Å². The fraction of sp³-hybridized carbons (Fsp3) is 0.105. The summed E-state index contributed by atoms with van der Waals surface area (Å²) in [4.78, 5) is 23.8. The minimum Gasteiger partial charge on any atom is -0.497 e. The number of rotatable bonds is 6. The Morgan fingerprint density at radius 3 is 2.66 bits per heavy atom. The lowest BCUT2D eigenvalue weighted by Gasteiger charge is -2.09. The molecule has 146 valence electrons. The van der Waals surface area contributed by atoms with Gasteiger partial charge in [-0.05, 0) is 36.8 Å². The molecule has 0 spiro atoms. The Hall–Kier alpha value is -3.79. The van der Waals surface area contributed by atoms with E-state index < -0.39 is 4.92 Å². The number of benzene rings is 2. The summed E-state index contributed by atoms with van der Waals surface area (Å²) >= 11 is 1.40. The van der Waals surface area contributed by atoms with Crippen LogP contribution in [0.5, 0.6) is 5.75 Å². The highest BCUT2D eigenvalue weighted by atomic mass is 32.1. The number of methoxy groups -OCH3 is 1. The fourth-order valence-electron chi connectivity index (χ4n) is 2.76. The second-order valence-electron chi connectivity index (χ2n) is 6.15. The van der Waals surface area contributed by atoms with E-state index in [1.165, 1.54) is 17.7 Å². The van der Waals surface area contributed by atoms with Crippen molar-refractivity contribution >= 4 is 49.7 Å². The molecule has 0 aliphatic carbocycles. The molecule has 2 N–H and O–H groups in total. The number of hydrogen-bond acceptors (Lipinski definition) is 9. The van der Waals surface area contributed by atoms with E-state index in [4.69, 9.17) is 4.74 Å². The Bertz CT molecular complexity index is 1210. The zero-order valence-corrected chi connectivity index (χ0v) is 16.4. The normalized spacial score (nSPS) is 10.7. The predicted molar refractivity (Wildman–Crippen MR) is 113 cm³/mol. The molecule has 10 heteroatoms. The van der Waals surface area contributed by atoms with Crippen molar-refractivity contribution in [3.63, 3.8) is 0 Å². The Kier molecular flexibility index (Phi) is 4.92. The number of nitrogens with one attached hydrogen (secondary N) is 2. The number of fused-ring (bicyclic) bond motifs is 1. The Balaban J connectivity index is 1.69. The maximum absolute atomic E-state index is 11.8. The molecule has 0 saturated carbocycles. The van der Waals surface area contributed by atoms with Gasteiger partial charge >= 0.3 is 5.69 Å². The van der Waals surface area contributed by atoms with Crippen LogP contribution in [-0.4, -0.2) is 27.0 Å². The quantitative estimate of drug-likeness (QED) is 0.345. The zero-order chi connectivity index (χ0) is 20.4. The van der Waals surface area contributed by atoms with Gasteiger partial charge in [-0.25, -0.2) is 15.0 Å². The van der Waals surface area contributed by atoms with Gasteiger partial charge in [0.25, 0.3) is 0 Å². The molecule has 4 rings (SSSR count). The molecule has 2 heterocycles. The van der Waals surface area contributed by atoms with Crippen LogP contribution >= 0.6 is 11.3 Å². The topological polar surface area (TPSA) is 115 Å². The van der Waals surface area contributed by atoms with Crippen molar-refractivity contribution in [2.45, 2.75) is 6.92 Å². The number of aromatic nitrogens is 3. The maximum Gasteiger partial charge on any atom is 0.353 e. The summed E-state index contributed by atoms with van der Waals surface area (Å²) < 4.78 is 6.17. The average molecular weight is 408 g/mol. The van der Waals surface area contributed by atoms with Gasteiger partial charge in [0.15, 0.2) is 5.13 Å². The molecule has 0 amide bonds. The Morgan fingerprint density at radius 1 is 1.10 bits per heavy atom. The monoisotopic (exact) mass is 408 g/mol. The van der Waals surface area contributed by atoms with E-state index in [9.17, 15) is 10.1 Å². The predicted octanol–water partition coefficient (Wildman–Crippen LogP) is 4.80. The summed E-state index contributed by atoms with van der Waals surface area (Å²) in [5.74, 6) is 0.749. The average Bonchev–Trinajstić information content (AvgIpc) is 3.09. The van der Waals surface area contributed by atoms with Gasteiger partial charge in [-0.3, -0.25) is 10.1 Å². The van der Waals surface area contributed by atoms with Crippen molar-refractivity contribution in [3.05, 3.63) is 64.5 Å². The second-order valence-corrected chi connectivity index (χ2v) is 7.18. The van der Waals surface area contributed by atoms with Crippen molar-refractivity contribution in [2.24, 2.45) is 0 Å². The third-order valence-electron chi connectivity index (χ3n) is 4.11. The molecule has 0 aliphatic heterocycles. The molecule has 0 bridgehead atoms. The Morgan fingerprint density at radius 2 is 1.90 bits per heavy atom. The first-order valence-corrected chi connectivity index (χ1v) is 9.40. The summed E-state index contributed by atoms with van der Waals surface area (Å²) in [5.41, 5.74) is 2.26. The smallest absolute Gasteiger partial charge is 0.353 e. The first-order valence-electron chi connectivity index (χ1n) is 8.58. The third kappa shape index (κ3) is 3.92. The standard InChI is InChI=1S/C19H16N6O3S/c1-11-6-7-14-15(8-11)29-19(23-14)24-18-16(25(26)27)17(20-10-21-18)22-12-4-3-5-13(9-12)28-2/h3-10H,1-2H3,(H2,20,21,22,23,24). The molecular formula is C19H16N6O3S. The second kappa shape index (κ2) is 7.68. The van der Waals surface area contributed by atoms with Crippen LogP contribution in [0.15, 0.2) is 48.8 Å². The van der Waals surface area contributed by atoms with Gasteiger partial charge in [0.05, 0.1) is 22.2 Å². The van der Waals surface area contributed by atoms with Crippen molar-refractivity contribution in [3.8, 4) is 5.75 Å². The molecule has 0 saturated heterocycles. The van der Waals surface area contributed by atoms with Gasteiger partial charge < -0.3 is 15.4 Å². The van der Waals surface area contributed by atoms with Crippen molar-refractivity contribution in [2.75, 3.05) is 17.7 Å². The first-order chi connectivity index (χ1) is 14.0. The van der Waals surface area contributed by atoms with Gasteiger partial charge in [-0.15, -0.1) is 0 Å². The van der Waals surface area contributed by atoms with E-state index in [0.29, 0.717) is 16.6 Å². The van der Waals surface area contributed by atoms with Crippen LogP contribution in [0.3, 0.4) is 0 Å². The molecule has 2 aromatic heterocycles. The van der Waals surface area contributed by atoms with E-state index in [-0.39, 0.29) is 17.3 Å². The molecular weight excluding hydrogens is 392 g/mol. The van der Waals surface area contributed by atoms with Crippen molar-refractivity contribution in [1.29, 1.82) is 0 Å². The minimum atomic E-state index is -0.525.